The predicted octanol–water partition coefficient (Wildman–Crippen LogP) is 3.80. The van der Waals surface area contributed by atoms with Crippen molar-refractivity contribution in [3.8, 4) is 10.8 Å². The number of aryl methyl sites for hydroxylation is 1. The summed E-state index contributed by atoms with van der Waals surface area (Å²) in [7, 11) is 0. The summed E-state index contributed by atoms with van der Waals surface area (Å²) in [6.45, 7) is 5.45. The van der Waals surface area contributed by atoms with Crippen molar-refractivity contribution in [3.05, 3.63) is 10.5 Å². The molecule has 3 heterocycles. The lowest BCUT2D eigenvalue weighted by Gasteiger charge is -2.33. The second kappa shape index (κ2) is 5.65. The van der Waals surface area contributed by atoms with Gasteiger partial charge in [0.05, 0.1) is 5.69 Å². The SMILES string of the molecule is CCc1nc(N2CCCCC2C)sc1-c1n[nH]c(=S)o1. The van der Waals surface area contributed by atoms with Crippen molar-refractivity contribution in [2.75, 3.05) is 11.4 Å². The number of aromatic nitrogens is 3. The largest absolute Gasteiger partial charge is 0.408 e. The van der Waals surface area contributed by atoms with Gasteiger partial charge in [-0.2, -0.15) is 0 Å². The van der Waals surface area contributed by atoms with Crippen LogP contribution in [0.15, 0.2) is 4.42 Å². The number of H-pyrrole nitrogens is 1. The van der Waals surface area contributed by atoms with Crippen LogP contribution in [-0.2, 0) is 6.42 Å². The van der Waals surface area contributed by atoms with Gasteiger partial charge < -0.3 is 9.32 Å². The molecule has 0 bridgehead atoms. The van der Waals surface area contributed by atoms with Crippen LogP contribution < -0.4 is 4.90 Å². The third-order valence-electron chi connectivity index (χ3n) is 3.70. The van der Waals surface area contributed by atoms with Gasteiger partial charge in [0.1, 0.15) is 4.88 Å². The van der Waals surface area contributed by atoms with Gasteiger partial charge in [-0.1, -0.05) is 18.3 Å². The van der Waals surface area contributed by atoms with Crippen LogP contribution in [0.3, 0.4) is 0 Å². The van der Waals surface area contributed by atoms with E-state index in [2.05, 4.69) is 28.9 Å². The molecule has 0 aromatic carbocycles. The van der Waals surface area contributed by atoms with Crippen molar-refractivity contribution in [3.63, 3.8) is 0 Å². The van der Waals surface area contributed by atoms with E-state index in [1.54, 1.807) is 11.3 Å². The fourth-order valence-electron chi connectivity index (χ4n) is 2.58. The highest BCUT2D eigenvalue weighted by atomic mass is 32.1. The third kappa shape index (κ3) is 2.52. The van der Waals surface area contributed by atoms with E-state index in [1.165, 1.54) is 19.3 Å². The van der Waals surface area contributed by atoms with Gasteiger partial charge in [-0.25, -0.2) is 10.1 Å². The summed E-state index contributed by atoms with van der Waals surface area (Å²) in [5.41, 5.74) is 1.04. The van der Waals surface area contributed by atoms with E-state index in [0.717, 1.165) is 28.7 Å². The monoisotopic (exact) mass is 310 g/mol. The Bertz CT molecular complexity index is 645. The molecule has 2 aromatic rings. The molecule has 1 N–H and O–H groups in total. The van der Waals surface area contributed by atoms with E-state index in [-0.39, 0.29) is 0 Å². The van der Waals surface area contributed by atoms with Crippen molar-refractivity contribution >= 4 is 28.7 Å². The van der Waals surface area contributed by atoms with E-state index in [4.69, 9.17) is 21.6 Å². The Morgan fingerprint density at radius 2 is 2.35 bits per heavy atom. The molecule has 0 amide bonds. The van der Waals surface area contributed by atoms with Gasteiger partial charge in [-0.3, -0.25) is 0 Å². The van der Waals surface area contributed by atoms with Gasteiger partial charge in [0.25, 0.3) is 10.7 Å². The van der Waals surface area contributed by atoms with E-state index < -0.39 is 0 Å². The molecular formula is C13H18N4OS2. The summed E-state index contributed by atoms with van der Waals surface area (Å²) >= 11 is 6.61. The average molecular weight is 310 g/mol. The van der Waals surface area contributed by atoms with Gasteiger partial charge in [-0.15, -0.1) is 5.10 Å². The molecule has 108 valence electrons. The van der Waals surface area contributed by atoms with Crippen LogP contribution in [0.4, 0.5) is 5.13 Å². The highest BCUT2D eigenvalue weighted by Gasteiger charge is 2.24. The fraction of sp³-hybridized carbons (Fsp3) is 0.615. The summed E-state index contributed by atoms with van der Waals surface area (Å²) in [6.07, 6.45) is 4.65. The van der Waals surface area contributed by atoms with Crippen LogP contribution in [0.25, 0.3) is 10.8 Å². The van der Waals surface area contributed by atoms with Gasteiger partial charge >= 0.3 is 0 Å². The van der Waals surface area contributed by atoms with Crippen molar-refractivity contribution in [2.45, 2.75) is 45.6 Å². The van der Waals surface area contributed by atoms with Crippen molar-refractivity contribution in [1.29, 1.82) is 0 Å². The molecule has 7 heteroatoms. The minimum atomic E-state index is 0.309. The zero-order chi connectivity index (χ0) is 14.1. The van der Waals surface area contributed by atoms with Crippen LogP contribution in [-0.4, -0.2) is 27.8 Å². The Morgan fingerprint density at radius 1 is 1.50 bits per heavy atom. The lowest BCUT2D eigenvalue weighted by molar-refractivity contribution is 0.484. The Hall–Kier alpha value is -1.21. The number of thiazole rings is 1. The topological polar surface area (TPSA) is 58.0 Å². The molecule has 1 aliphatic heterocycles. The quantitative estimate of drug-likeness (QED) is 0.874. The molecule has 1 aliphatic rings. The zero-order valence-corrected chi connectivity index (χ0v) is 13.3. The Labute approximate surface area is 127 Å². The Morgan fingerprint density at radius 3 is 3.00 bits per heavy atom. The Kier molecular flexibility index (Phi) is 3.89. The second-order valence-corrected chi connectivity index (χ2v) is 6.43. The molecule has 3 rings (SSSR count). The molecule has 1 atom stereocenters. The molecule has 0 radical (unpaired) electrons. The third-order valence-corrected chi connectivity index (χ3v) is 5.00. The first kappa shape index (κ1) is 13.8. The van der Waals surface area contributed by atoms with Crippen LogP contribution >= 0.6 is 23.6 Å². The van der Waals surface area contributed by atoms with E-state index in [9.17, 15) is 0 Å². The van der Waals surface area contributed by atoms with Crippen LogP contribution in [0.2, 0.25) is 0 Å². The standard InChI is InChI=1S/C13H18N4OS2/c1-3-9-10(11-15-16-13(19)18-11)20-12(14-9)17-7-5-4-6-8(17)2/h8H,3-7H2,1-2H3,(H,16,19). The average Bonchev–Trinajstić information content (AvgIpc) is 3.05. The molecule has 1 fully saturated rings. The molecule has 5 nitrogen and oxygen atoms in total. The van der Waals surface area contributed by atoms with Crippen LogP contribution in [0.1, 0.15) is 38.8 Å². The van der Waals surface area contributed by atoms with Crippen molar-refractivity contribution < 1.29 is 4.42 Å². The molecule has 0 aliphatic carbocycles. The van der Waals surface area contributed by atoms with Crippen LogP contribution in [0, 0.1) is 4.84 Å². The number of hydrogen-bond acceptors (Lipinski definition) is 6. The summed E-state index contributed by atoms with van der Waals surface area (Å²) in [6, 6.07) is 0.554. The molecule has 1 saturated heterocycles. The predicted molar refractivity (Wildman–Crippen MR) is 82.8 cm³/mol. The van der Waals surface area contributed by atoms with Crippen molar-refractivity contribution in [1.82, 2.24) is 15.2 Å². The number of nitrogens with one attached hydrogen (secondary N) is 1. The minimum Gasteiger partial charge on any atom is -0.408 e. The summed E-state index contributed by atoms with van der Waals surface area (Å²) in [4.78, 5) is 8.49. The van der Waals surface area contributed by atoms with Gasteiger partial charge in [0.15, 0.2) is 5.13 Å². The maximum Gasteiger partial charge on any atom is 0.284 e. The summed E-state index contributed by atoms with van der Waals surface area (Å²) in [5, 5.41) is 7.88. The van der Waals surface area contributed by atoms with Gasteiger partial charge in [0.2, 0.25) is 0 Å². The molecule has 2 aromatic heterocycles. The highest BCUT2D eigenvalue weighted by molar-refractivity contribution is 7.71. The van der Waals surface area contributed by atoms with E-state index in [1.807, 2.05) is 0 Å². The molecule has 0 saturated carbocycles. The molecule has 0 spiro atoms. The number of hydrogen-bond donors (Lipinski definition) is 1. The lowest BCUT2D eigenvalue weighted by atomic mass is 10.1. The summed E-state index contributed by atoms with van der Waals surface area (Å²) in [5.74, 6) is 0.556. The van der Waals surface area contributed by atoms with Crippen molar-refractivity contribution in [2.24, 2.45) is 0 Å². The minimum absolute atomic E-state index is 0.309. The first-order valence-corrected chi connectivity index (χ1v) is 8.23. The molecule has 1 unspecified atom stereocenters. The number of piperidine rings is 1. The highest BCUT2D eigenvalue weighted by Crippen LogP contribution is 2.36. The Balaban J connectivity index is 1.98. The molecular weight excluding hydrogens is 292 g/mol. The maximum atomic E-state index is 5.44. The first-order valence-electron chi connectivity index (χ1n) is 7.01. The lowest BCUT2D eigenvalue weighted by Crippen LogP contribution is -2.37. The number of rotatable bonds is 3. The normalized spacial score (nSPS) is 19.5. The number of anilines is 1. The van der Waals surface area contributed by atoms with Gasteiger partial charge in [0, 0.05) is 12.6 Å². The zero-order valence-electron chi connectivity index (χ0n) is 11.7. The van der Waals surface area contributed by atoms with Crippen LogP contribution in [0.5, 0.6) is 0 Å². The van der Waals surface area contributed by atoms with E-state index >= 15 is 0 Å². The van der Waals surface area contributed by atoms with E-state index in [0.29, 0.717) is 16.8 Å². The first-order chi connectivity index (χ1) is 9.69. The second-order valence-electron chi connectivity index (χ2n) is 5.08. The van der Waals surface area contributed by atoms with Gasteiger partial charge in [-0.05, 0) is 44.8 Å². The fourth-order valence-corrected chi connectivity index (χ4v) is 3.91. The smallest absolute Gasteiger partial charge is 0.284 e. The molecule has 20 heavy (non-hydrogen) atoms. The maximum absolute atomic E-state index is 5.44. The number of nitrogens with zero attached hydrogens (tertiary/aromatic N) is 3. The summed E-state index contributed by atoms with van der Waals surface area (Å²) < 4.78 is 5.44. The number of aromatic amines is 1.